The maximum Gasteiger partial charge on any atom is 0.365 e. The maximum absolute atomic E-state index is 12.5. The molecule has 120 valence electrons. The van der Waals surface area contributed by atoms with Crippen molar-refractivity contribution in [2.24, 2.45) is 0 Å². The van der Waals surface area contributed by atoms with Crippen LogP contribution < -0.4 is 4.48 Å². The summed E-state index contributed by atoms with van der Waals surface area (Å²) in [4.78, 5) is 12.5. The van der Waals surface area contributed by atoms with Crippen molar-refractivity contribution in [3.8, 4) is 0 Å². The molecule has 0 aliphatic carbocycles. The van der Waals surface area contributed by atoms with Gasteiger partial charge in [0.05, 0.1) is 19.5 Å². The Kier molecular flexibility index (Phi) is 4.69. The average Bonchev–Trinajstić information content (AvgIpc) is 2.56. The van der Waals surface area contributed by atoms with E-state index in [1.807, 2.05) is 54.6 Å². The molecule has 0 amide bonds. The predicted octanol–water partition coefficient (Wildman–Crippen LogP) is 4.18. The molecular formula is C19H21ClNO2+. The first-order valence-electron chi connectivity index (χ1n) is 7.99. The molecule has 23 heavy (non-hydrogen) atoms. The van der Waals surface area contributed by atoms with Crippen LogP contribution in [0, 0.1) is 0 Å². The van der Waals surface area contributed by atoms with E-state index in [-0.39, 0.29) is 12.0 Å². The summed E-state index contributed by atoms with van der Waals surface area (Å²) < 4.78 is 6.21. The number of quaternary nitrogens is 1. The van der Waals surface area contributed by atoms with Gasteiger partial charge in [0.2, 0.25) is 0 Å². The Hall–Kier alpha value is -1.84. The highest BCUT2D eigenvalue weighted by atomic mass is 35.5. The zero-order chi connectivity index (χ0) is 16.3. The van der Waals surface area contributed by atoms with Gasteiger partial charge in [0.1, 0.15) is 12.3 Å². The van der Waals surface area contributed by atoms with Crippen molar-refractivity contribution in [3.63, 3.8) is 0 Å². The van der Waals surface area contributed by atoms with Crippen LogP contribution >= 0.6 is 11.6 Å². The van der Waals surface area contributed by atoms with E-state index in [1.165, 1.54) is 0 Å². The minimum atomic E-state index is -0.120. The van der Waals surface area contributed by atoms with Gasteiger partial charge in [0, 0.05) is 17.2 Å². The van der Waals surface area contributed by atoms with E-state index in [0.29, 0.717) is 16.1 Å². The first kappa shape index (κ1) is 16.0. The van der Waals surface area contributed by atoms with Gasteiger partial charge in [-0.05, 0) is 24.6 Å². The van der Waals surface area contributed by atoms with Crippen LogP contribution in [0.25, 0.3) is 0 Å². The Bertz CT molecular complexity index is 668. The second-order valence-electron chi connectivity index (χ2n) is 5.95. The van der Waals surface area contributed by atoms with Gasteiger partial charge in [0.15, 0.2) is 6.04 Å². The molecule has 0 spiro atoms. The number of benzene rings is 2. The van der Waals surface area contributed by atoms with Gasteiger partial charge in [-0.15, -0.1) is 0 Å². The summed E-state index contributed by atoms with van der Waals surface area (Å²) in [6.45, 7) is 4.28. The molecule has 3 nitrogen and oxygen atoms in total. The number of carbonyl (C=O) groups is 1. The summed E-state index contributed by atoms with van der Waals surface area (Å²) in [5.74, 6) is -0.114. The summed E-state index contributed by atoms with van der Waals surface area (Å²) in [6, 6.07) is 17.5. The van der Waals surface area contributed by atoms with Crippen LogP contribution in [0.5, 0.6) is 0 Å². The highest BCUT2D eigenvalue weighted by Crippen LogP contribution is 2.37. The number of hydrogen-bond acceptors (Lipinski definition) is 2. The predicted molar refractivity (Wildman–Crippen MR) is 93.3 cm³/mol. The highest BCUT2D eigenvalue weighted by molar-refractivity contribution is 6.30. The molecule has 0 aromatic heterocycles. The van der Waals surface area contributed by atoms with E-state index < -0.39 is 0 Å². The fourth-order valence-electron chi connectivity index (χ4n) is 3.32. The van der Waals surface area contributed by atoms with Crippen LogP contribution in [0.15, 0.2) is 54.6 Å². The molecule has 0 saturated carbocycles. The first-order valence-corrected chi connectivity index (χ1v) is 8.37. The summed E-state index contributed by atoms with van der Waals surface area (Å²) >= 11 is 5.98. The number of rotatable bonds is 5. The van der Waals surface area contributed by atoms with E-state index in [9.17, 15) is 4.79 Å². The first-order chi connectivity index (χ1) is 11.2. The van der Waals surface area contributed by atoms with E-state index in [2.05, 4.69) is 6.92 Å². The van der Waals surface area contributed by atoms with E-state index in [1.54, 1.807) is 0 Å². The standard InChI is InChI=1S/C19H21ClNO2/c1-2-21(17-10-8-16(20)9-11-17)13-12-18(21)19(22)23-14-15-6-4-3-5-7-15/h3-11,18H,2,12-14H2,1H3/q+1. The monoisotopic (exact) mass is 330 g/mol. The van der Waals surface area contributed by atoms with E-state index in [0.717, 1.165) is 30.8 Å². The zero-order valence-electron chi connectivity index (χ0n) is 13.2. The molecule has 0 bridgehead atoms. The molecule has 1 aliphatic rings. The van der Waals surface area contributed by atoms with Crippen molar-refractivity contribution in [1.82, 2.24) is 4.48 Å². The smallest absolute Gasteiger partial charge is 0.365 e. The van der Waals surface area contributed by atoms with Gasteiger partial charge < -0.3 is 4.74 Å². The fraction of sp³-hybridized carbons (Fsp3) is 0.316. The van der Waals surface area contributed by atoms with Gasteiger partial charge in [-0.2, -0.15) is 0 Å². The third-order valence-electron chi connectivity index (χ3n) is 4.80. The van der Waals surface area contributed by atoms with Crippen LogP contribution in [-0.4, -0.2) is 25.1 Å². The lowest BCUT2D eigenvalue weighted by Gasteiger charge is -2.49. The molecule has 2 aromatic carbocycles. The van der Waals surface area contributed by atoms with Crippen molar-refractivity contribution in [2.75, 3.05) is 13.1 Å². The Balaban J connectivity index is 1.71. The Labute approximate surface area is 142 Å². The third kappa shape index (κ3) is 3.12. The number of nitrogens with zero attached hydrogens (tertiary/aromatic N) is 1. The second kappa shape index (κ2) is 6.73. The van der Waals surface area contributed by atoms with Gasteiger partial charge in [-0.25, -0.2) is 4.79 Å². The molecule has 3 rings (SSSR count). The van der Waals surface area contributed by atoms with Crippen molar-refractivity contribution in [2.45, 2.75) is 26.0 Å². The van der Waals surface area contributed by atoms with Gasteiger partial charge >= 0.3 is 5.97 Å². The molecule has 2 aromatic rings. The van der Waals surface area contributed by atoms with Crippen LogP contribution in [0.4, 0.5) is 5.69 Å². The van der Waals surface area contributed by atoms with Crippen LogP contribution in [0.2, 0.25) is 5.02 Å². The number of likely N-dealkylation sites (tertiary alicyclic amines) is 1. The van der Waals surface area contributed by atoms with Crippen molar-refractivity contribution in [1.29, 1.82) is 0 Å². The van der Waals surface area contributed by atoms with Gasteiger partial charge in [-0.1, -0.05) is 41.9 Å². The van der Waals surface area contributed by atoms with Gasteiger partial charge in [-0.3, -0.25) is 4.48 Å². The van der Waals surface area contributed by atoms with Crippen molar-refractivity contribution in [3.05, 3.63) is 65.2 Å². The quantitative estimate of drug-likeness (QED) is 0.607. The van der Waals surface area contributed by atoms with E-state index >= 15 is 0 Å². The molecule has 0 N–H and O–H groups in total. The minimum absolute atomic E-state index is 0.114. The molecule has 4 heteroatoms. The van der Waals surface area contributed by atoms with Crippen molar-refractivity contribution < 1.29 is 9.53 Å². The zero-order valence-corrected chi connectivity index (χ0v) is 14.0. The number of likely N-dealkylation sites (N-methyl/N-ethyl adjacent to an activating group) is 1. The normalized spacial score (nSPS) is 23.1. The molecule has 0 radical (unpaired) electrons. The topological polar surface area (TPSA) is 26.3 Å². The fourth-order valence-corrected chi connectivity index (χ4v) is 3.45. The highest BCUT2D eigenvalue weighted by Gasteiger charge is 2.52. The maximum atomic E-state index is 12.5. The number of ether oxygens (including phenoxy) is 1. The third-order valence-corrected chi connectivity index (χ3v) is 5.05. The summed E-state index contributed by atoms with van der Waals surface area (Å²) in [7, 11) is 0. The summed E-state index contributed by atoms with van der Waals surface area (Å²) in [5.41, 5.74) is 2.14. The van der Waals surface area contributed by atoms with Crippen LogP contribution in [0.3, 0.4) is 0 Å². The number of hydrogen-bond donors (Lipinski definition) is 0. The lowest BCUT2D eigenvalue weighted by Crippen LogP contribution is -2.69. The van der Waals surface area contributed by atoms with Crippen LogP contribution in [-0.2, 0) is 16.1 Å². The Morgan fingerprint density at radius 1 is 1.17 bits per heavy atom. The molecule has 1 heterocycles. The van der Waals surface area contributed by atoms with Crippen molar-refractivity contribution >= 4 is 23.3 Å². The van der Waals surface area contributed by atoms with E-state index in [4.69, 9.17) is 16.3 Å². The van der Waals surface area contributed by atoms with Crippen LogP contribution in [0.1, 0.15) is 18.9 Å². The molecule has 1 fully saturated rings. The number of esters is 1. The SMILES string of the molecule is CC[N+]1(c2ccc(Cl)cc2)CCC1C(=O)OCc1ccccc1. The second-order valence-corrected chi connectivity index (χ2v) is 6.38. The summed E-state index contributed by atoms with van der Waals surface area (Å²) in [6.07, 6.45) is 0.865. The molecule has 1 aliphatic heterocycles. The lowest BCUT2D eigenvalue weighted by atomic mass is 9.95. The molecular weight excluding hydrogens is 310 g/mol. The number of halogens is 1. The Morgan fingerprint density at radius 2 is 1.87 bits per heavy atom. The number of carbonyl (C=O) groups excluding carboxylic acids is 1. The molecule has 1 saturated heterocycles. The molecule has 2 atom stereocenters. The largest absolute Gasteiger partial charge is 0.456 e. The Morgan fingerprint density at radius 3 is 2.43 bits per heavy atom. The van der Waals surface area contributed by atoms with Gasteiger partial charge in [0.25, 0.3) is 0 Å². The minimum Gasteiger partial charge on any atom is -0.456 e. The lowest BCUT2D eigenvalue weighted by molar-refractivity contribution is -0.155. The average molecular weight is 331 g/mol. The summed E-state index contributed by atoms with van der Waals surface area (Å²) in [5, 5.41) is 0.715. The molecule has 2 unspecified atom stereocenters.